The van der Waals surface area contributed by atoms with Gasteiger partial charge in [0.25, 0.3) is 0 Å². The molecule has 1 amide bonds. The Bertz CT molecular complexity index is 356. The van der Waals surface area contributed by atoms with E-state index in [0.717, 1.165) is 58.5 Å². The van der Waals surface area contributed by atoms with Crippen molar-refractivity contribution in [3.63, 3.8) is 0 Å². The van der Waals surface area contributed by atoms with E-state index in [2.05, 4.69) is 10.2 Å². The van der Waals surface area contributed by atoms with Crippen molar-refractivity contribution >= 4 is 11.9 Å². The molecule has 6 nitrogen and oxygen atoms in total. The number of morpholine rings is 1. The number of carboxylic acids is 1. The van der Waals surface area contributed by atoms with E-state index in [1.54, 1.807) is 0 Å². The lowest BCUT2D eigenvalue weighted by atomic mass is 9.84. The molecular weight excluding hydrogens is 272 g/mol. The zero-order chi connectivity index (χ0) is 15.1. The van der Waals surface area contributed by atoms with Crippen LogP contribution in [0.2, 0.25) is 0 Å². The van der Waals surface area contributed by atoms with Gasteiger partial charge in [0.05, 0.1) is 19.1 Å². The highest BCUT2D eigenvalue weighted by molar-refractivity contribution is 5.78. The fraction of sp³-hybridized carbons (Fsp3) is 0.867. The molecule has 0 aromatic heterocycles. The number of nitrogens with one attached hydrogen (secondary N) is 1. The van der Waals surface area contributed by atoms with Gasteiger partial charge in [0.15, 0.2) is 0 Å². The normalized spacial score (nSPS) is 27.2. The molecule has 0 bridgehead atoms. The van der Waals surface area contributed by atoms with Crippen molar-refractivity contribution in [2.24, 2.45) is 5.92 Å². The minimum absolute atomic E-state index is 0.0126. The van der Waals surface area contributed by atoms with Gasteiger partial charge in [-0.25, -0.2) is 0 Å². The molecular formula is C15H26N2O4. The maximum absolute atomic E-state index is 12.0. The molecule has 1 saturated carbocycles. The van der Waals surface area contributed by atoms with Crippen molar-refractivity contribution in [2.45, 2.75) is 44.6 Å². The van der Waals surface area contributed by atoms with Gasteiger partial charge in [0, 0.05) is 25.6 Å². The molecule has 2 rings (SSSR count). The third-order valence-corrected chi connectivity index (χ3v) is 4.41. The quantitative estimate of drug-likeness (QED) is 0.760. The van der Waals surface area contributed by atoms with Gasteiger partial charge >= 0.3 is 5.97 Å². The standard InChI is InChI=1S/C15H26N2O4/c18-14(6-3-7-17-8-10-21-11-9-17)16-13-5-2-1-4-12(13)15(19)20/h12-13H,1-11H2,(H,16,18)(H,19,20). The zero-order valence-electron chi connectivity index (χ0n) is 12.6. The highest BCUT2D eigenvalue weighted by Crippen LogP contribution is 2.24. The maximum Gasteiger partial charge on any atom is 0.308 e. The topological polar surface area (TPSA) is 78.9 Å². The first kappa shape index (κ1) is 16.2. The zero-order valence-corrected chi connectivity index (χ0v) is 12.6. The number of rotatable bonds is 6. The number of aliphatic carboxylic acids is 1. The molecule has 2 fully saturated rings. The van der Waals surface area contributed by atoms with Crippen molar-refractivity contribution in [1.29, 1.82) is 0 Å². The molecule has 21 heavy (non-hydrogen) atoms. The highest BCUT2D eigenvalue weighted by atomic mass is 16.5. The molecule has 1 aliphatic heterocycles. The average molecular weight is 298 g/mol. The number of carbonyl (C=O) groups is 2. The van der Waals surface area contributed by atoms with E-state index in [-0.39, 0.29) is 11.9 Å². The lowest BCUT2D eigenvalue weighted by Crippen LogP contribution is -2.45. The van der Waals surface area contributed by atoms with E-state index in [1.165, 1.54) is 0 Å². The van der Waals surface area contributed by atoms with Gasteiger partial charge in [-0.2, -0.15) is 0 Å². The molecule has 2 N–H and O–H groups in total. The third-order valence-electron chi connectivity index (χ3n) is 4.41. The van der Waals surface area contributed by atoms with E-state index in [1.807, 2.05) is 0 Å². The van der Waals surface area contributed by atoms with Crippen LogP contribution in [0.4, 0.5) is 0 Å². The number of amides is 1. The second-order valence-electron chi connectivity index (χ2n) is 5.96. The number of nitrogens with zero attached hydrogens (tertiary/aromatic N) is 1. The Balaban J connectivity index is 1.66. The molecule has 6 heteroatoms. The first-order valence-corrected chi connectivity index (χ1v) is 7.99. The van der Waals surface area contributed by atoms with Crippen LogP contribution in [-0.4, -0.2) is 60.8 Å². The monoisotopic (exact) mass is 298 g/mol. The molecule has 1 saturated heterocycles. The fourth-order valence-electron chi connectivity index (χ4n) is 3.17. The van der Waals surface area contributed by atoms with E-state index in [4.69, 9.17) is 4.74 Å². The van der Waals surface area contributed by atoms with Gasteiger partial charge in [-0.3, -0.25) is 14.5 Å². The number of hydrogen-bond donors (Lipinski definition) is 2. The van der Waals surface area contributed by atoms with E-state index < -0.39 is 11.9 Å². The van der Waals surface area contributed by atoms with Gasteiger partial charge in [-0.15, -0.1) is 0 Å². The molecule has 1 aliphatic carbocycles. The smallest absolute Gasteiger partial charge is 0.308 e. The van der Waals surface area contributed by atoms with Gasteiger partial charge in [-0.1, -0.05) is 12.8 Å². The van der Waals surface area contributed by atoms with Crippen LogP contribution in [0.5, 0.6) is 0 Å². The Morgan fingerprint density at radius 3 is 2.62 bits per heavy atom. The Hall–Kier alpha value is -1.14. The number of carboxylic acid groups (broad SMARTS) is 1. The van der Waals surface area contributed by atoms with Gasteiger partial charge in [0.1, 0.15) is 0 Å². The van der Waals surface area contributed by atoms with E-state index >= 15 is 0 Å². The molecule has 0 aromatic rings. The Kier molecular flexibility index (Phi) is 6.45. The summed E-state index contributed by atoms with van der Waals surface area (Å²) < 4.78 is 5.29. The summed E-state index contributed by atoms with van der Waals surface area (Å²) in [4.78, 5) is 25.5. The van der Waals surface area contributed by atoms with Crippen molar-refractivity contribution in [3.05, 3.63) is 0 Å². The summed E-state index contributed by atoms with van der Waals surface area (Å²) >= 11 is 0. The minimum atomic E-state index is -0.784. The highest BCUT2D eigenvalue weighted by Gasteiger charge is 2.31. The Morgan fingerprint density at radius 2 is 1.90 bits per heavy atom. The molecule has 0 spiro atoms. The summed E-state index contributed by atoms with van der Waals surface area (Å²) in [5.74, 6) is -1.21. The van der Waals surface area contributed by atoms with E-state index in [0.29, 0.717) is 12.8 Å². The molecule has 1 heterocycles. The van der Waals surface area contributed by atoms with Crippen LogP contribution in [0.15, 0.2) is 0 Å². The summed E-state index contributed by atoms with van der Waals surface area (Å²) in [6, 6.07) is -0.188. The third kappa shape index (κ3) is 5.28. The molecule has 120 valence electrons. The van der Waals surface area contributed by atoms with Crippen LogP contribution >= 0.6 is 0 Å². The van der Waals surface area contributed by atoms with Gasteiger partial charge in [-0.05, 0) is 25.8 Å². The fourth-order valence-corrected chi connectivity index (χ4v) is 3.17. The van der Waals surface area contributed by atoms with Gasteiger partial charge in [0.2, 0.25) is 5.91 Å². The van der Waals surface area contributed by atoms with Crippen LogP contribution in [0.1, 0.15) is 38.5 Å². The Morgan fingerprint density at radius 1 is 1.19 bits per heavy atom. The molecule has 2 aliphatic rings. The SMILES string of the molecule is O=C(CCCN1CCOCC1)NC1CCCCC1C(=O)O. The lowest BCUT2D eigenvalue weighted by Gasteiger charge is -2.29. The summed E-state index contributed by atoms with van der Waals surface area (Å²) in [7, 11) is 0. The van der Waals surface area contributed by atoms with Crippen molar-refractivity contribution < 1.29 is 19.4 Å². The molecule has 2 unspecified atom stereocenters. The largest absolute Gasteiger partial charge is 0.481 e. The minimum Gasteiger partial charge on any atom is -0.481 e. The van der Waals surface area contributed by atoms with Crippen LogP contribution in [0.3, 0.4) is 0 Å². The number of carbonyl (C=O) groups excluding carboxylic acids is 1. The maximum atomic E-state index is 12.0. The summed E-state index contributed by atoms with van der Waals surface area (Å²) in [6.07, 6.45) is 4.69. The predicted octanol–water partition coefficient (Wildman–Crippen LogP) is 0.858. The van der Waals surface area contributed by atoms with Crippen molar-refractivity contribution in [2.75, 3.05) is 32.8 Å². The summed E-state index contributed by atoms with van der Waals surface area (Å²) in [5, 5.41) is 12.1. The summed E-state index contributed by atoms with van der Waals surface area (Å²) in [6.45, 7) is 4.32. The van der Waals surface area contributed by atoms with Crippen LogP contribution in [0, 0.1) is 5.92 Å². The number of ether oxygens (including phenoxy) is 1. The lowest BCUT2D eigenvalue weighted by molar-refractivity contribution is -0.144. The summed E-state index contributed by atoms with van der Waals surface area (Å²) in [5.41, 5.74) is 0. The van der Waals surface area contributed by atoms with E-state index in [9.17, 15) is 14.7 Å². The average Bonchev–Trinajstić information content (AvgIpc) is 2.48. The first-order valence-electron chi connectivity index (χ1n) is 7.99. The second-order valence-corrected chi connectivity index (χ2v) is 5.96. The van der Waals surface area contributed by atoms with Crippen LogP contribution in [-0.2, 0) is 14.3 Å². The second kappa shape index (κ2) is 8.34. The van der Waals surface area contributed by atoms with Crippen LogP contribution < -0.4 is 5.32 Å². The Labute approximate surface area is 125 Å². The molecule has 2 atom stereocenters. The van der Waals surface area contributed by atoms with Gasteiger partial charge < -0.3 is 15.2 Å². The predicted molar refractivity (Wildman–Crippen MR) is 78.0 cm³/mol. The molecule has 0 radical (unpaired) electrons. The molecule has 0 aromatic carbocycles. The van der Waals surface area contributed by atoms with Crippen molar-refractivity contribution in [1.82, 2.24) is 10.2 Å². The van der Waals surface area contributed by atoms with Crippen molar-refractivity contribution in [3.8, 4) is 0 Å². The number of hydrogen-bond acceptors (Lipinski definition) is 4. The van der Waals surface area contributed by atoms with Crippen LogP contribution in [0.25, 0.3) is 0 Å². The first-order chi connectivity index (χ1) is 10.2.